The van der Waals surface area contributed by atoms with E-state index < -0.39 is 0 Å². The summed E-state index contributed by atoms with van der Waals surface area (Å²) in [5, 5.41) is 3.29. The van der Waals surface area contributed by atoms with Crippen LogP contribution in [0.25, 0.3) is 0 Å². The molecule has 1 aliphatic heterocycles. The predicted molar refractivity (Wildman–Crippen MR) is 74.5 cm³/mol. The summed E-state index contributed by atoms with van der Waals surface area (Å²) in [5.74, 6) is 0.895. The molecule has 1 aliphatic rings. The van der Waals surface area contributed by atoms with Gasteiger partial charge >= 0.3 is 0 Å². The highest BCUT2D eigenvalue weighted by Crippen LogP contribution is 2.12. The summed E-state index contributed by atoms with van der Waals surface area (Å²) in [5.41, 5.74) is 1.27. The van der Waals surface area contributed by atoms with E-state index >= 15 is 0 Å². The molecule has 0 bridgehead atoms. The maximum atomic E-state index is 5.64. The Bertz CT molecular complexity index is 347. The van der Waals surface area contributed by atoms with Gasteiger partial charge < -0.3 is 19.5 Å². The summed E-state index contributed by atoms with van der Waals surface area (Å²) in [6.45, 7) is 6.74. The Morgan fingerprint density at radius 1 is 1.26 bits per heavy atom. The Labute approximate surface area is 115 Å². The van der Waals surface area contributed by atoms with Crippen LogP contribution >= 0.6 is 0 Å². The van der Waals surface area contributed by atoms with Crippen molar-refractivity contribution in [1.29, 1.82) is 0 Å². The van der Waals surface area contributed by atoms with Gasteiger partial charge in [0, 0.05) is 13.2 Å². The average Bonchev–Trinajstić information content (AvgIpc) is 2.96. The lowest BCUT2D eigenvalue weighted by atomic mass is 10.2. The molecular formula is C15H23NO3. The standard InChI is InChI=1S/C15H23NO3/c1-2-16-11-13-3-5-14(6-4-13)18-9-10-19-15-7-8-17-12-15/h3-6,15-16H,2,7-12H2,1H3. The number of rotatable bonds is 8. The first-order valence-corrected chi connectivity index (χ1v) is 7.00. The van der Waals surface area contributed by atoms with Crippen molar-refractivity contribution in [2.45, 2.75) is 26.0 Å². The van der Waals surface area contributed by atoms with Crippen LogP contribution in [0.5, 0.6) is 5.75 Å². The summed E-state index contributed by atoms with van der Waals surface area (Å²) < 4.78 is 16.5. The van der Waals surface area contributed by atoms with Crippen LogP contribution in [0.1, 0.15) is 18.9 Å². The summed E-state index contributed by atoms with van der Waals surface area (Å²) in [4.78, 5) is 0. The third kappa shape index (κ3) is 5.19. The van der Waals surface area contributed by atoms with Crippen LogP contribution in [-0.4, -0.2) is 39.1 Å². The van der Waals surface area contributed by atoms with Crippen LogP contribution in [0.15, 0.2) is 24.3 Å². The van der Waals surface area contributed by atoms with Gasteiger partial charge in [-0.3, -0.25) is 0 Å². The third-order valence-electron chi connectivity index (χ3n) is 3.10. The monoisotopic (exact) mass is 265 g/mol. The molecule has 1 atom stereocenters. The van der Waals surface area contributed by atoms with E-state index in [-0.39, 0.29) is 6.10 Å². The Morgan fingerprint density at radius 2 is 2.11 bits per heavy atom. The van der Waals surface area contributed by atoms with Crippen molar-refractivity contribution >= 4 is 0 Å². The minimum absolute atomic E-state index is 0.256. The van der Waals surface area contributed by atoms with Gasteiger partial charge in [-0.15, -0.1) is 0 Å². The molecule has 1 aromatic carbocycles. The first kappa shape index (κ1) is 14.3. The quantitative estimate of drug-likeness (QED) is 0.730. The minimum atomic E-state index is 0.256. The van der Waals surface area contributed by atoms with Gasteiger partial charge in [-0.1, -0.05) is 19.1 Å². The molecule has 1 saturated heterocycles. The molecule has 4 heteroatoms. The topological polar surface area (TPSA) is 39.7 Å². The molecular weight excluding hydrogens is 242 g/mol. The van der Waals surface area contributed by atoms with Crippen LogP contribution < -0.4 is 10.1 Å². The molecule has 1 heterocycles. The lowest BCUT2D eigenvalue weighted by Crippen LogP contribution is -2.17. The maximum absolute atomic E-state index is 5.64. The van der Waals surface area contributed by atoms with Crippen molar-refractivity contribution in [3.05, 3.63) is 29.8 Å². The van der Waals surface area contributed by atoms with E-state index in [1.54, 1.807) is 0 Å². The normalized spacial score (nSPS) is 18.7. The SMILES string of the molecule is CCNCc1ccc(OCCOC2CCOC2)cc1. The van der Waals surface area contributed by atoms with E-state index in [9.17, 15) is 0 Å². The van der Waals surface area contributed by atoms with Gasteiger partial charge in [0.1, 0.15) is 12.4 Å². The zero-order chi connectivity index (χ0) is 13.3. The van der Waals surface area contributed by atoms with Crippen molar-refractivity contribution in [2.75, 3.05) is 33.0 Å². The third-order valence-corrected chi connectivity index (χ3v) is 3.10. The molecule has 0 saturated carbocycles. The van der Waals surface area contributed by atoms with E-state index in [1.807, 2.05) is 12.1 Å². The molecule has 1 aromatic rings. The molecule has 106 valence electrons. The molecule has 1 N–H and O–H groups in total. The molecule has 0 amide bonds. The Morgan fingerprint density at radius 3 is 2.79 bits per heavy atom. The summed E-state index contributed by atoms with van der Waals surface area (Å²) in [6.07, 6.45) is 1.25. The summed E-state index contributed by atoms with van der Waals surface area (Å²) in [7, 11) is 0. The summed E-state index contributed by atoms with van der Waals surface area (Å²) >= 11 is 0. The van der Waals surface area contributed by atoms with Crippen molar-refractivity contribution in [3.63, 3.8) is 0 Å². The Balaban J connectivity index is 1.62. The highest BCUT2D eigenvalue weighted by Gasteiger charge is 2.15. The van der Waals surface area contributed by atoms with E-state index in [1.165, 1.54) is 5.56 Å². The second-order valence-electron chi connectivity index (χ2n) is 4.63. The fourth-order valence-electron chi connectivity index (χ4n) is 1.99. The van der Waals surface area contributed by atoms with Crippen molar-refractivity contribution in [2.24, 2.45) is 0 Å². The average molecular weight is 265 g/mol. The maximum Gasteiger partial charge on any atom is 0.119 e. The van der Waals surface area contributed by atoms with Crippen LogP contribution in [0.2, 0.25) is 0 Å². The van der Waals surface area contributed by atoms with Crippen molar-refractivity contribution in [3.8, 4) is 5.75 Å². The van der Waals surface area contributed by atoms with E-state index in [0.29, 0.717) is 13.2 Å². The molecule has 0 radical (unpaired) electrons. The highest BCUT2D eigenvalue weighted by atomic mass is 16.6. The zero-order valence-electron chi connectivity index (χ0n) is 11.6. The van der Waals surface area contributed by atoms with Crippen molar-refractivity contribution < 1.29 is 14.2 Å². The van der Waals surface area contributed by atoms with Gasteiger partial charge in [0.15, 0.2) is 0 Å². The fraction of sp³-hybridized carbons (Fsp3) is 0.600. The molecule has 4 nitrogen and oxygen atoms in total. The van der Waals surface area contributed by atoms with Gasteiger partial charge in [0.25, 0.3) is 0 Å². The van der Waals surface area contributed by atoms with Gasteiger partial charge in [-0.2, -0.15) is 0 Å². The fourth-order valence-corrected chi connectivity index (χ4v) is 1.99. The second kappa shape index (κ2) is 8.15. The van der Waals surface area contributed by atoms with Crippen LogP contribution in [0.3, 0.4) is 0 Å². The molecule has 0 spiro atoms. The van der Waals surface area contributed by atoms with Gasteiger partial charge in [0.2, 0.25) is 0 Å². The largest absolute Gasteiger partial charge is 0.491 e. The first-order valence-electron chi connectivity index (χ1n) is 7.00. The molecule has 1 fully saturated rings. The molecule has 19 heavy (non-hydrogen) atoms. The zero-order valence-corrected chi connectivity index (χ0v) is 11.6. The Kier molecular flexibility index (Phi) is 6.14. The Hall–Kier alpha value is -1.10. The molecule has 0 aromatic heterocycles. The number of ether oxygens (including phenoxy) is 3. The highest BCUT2D eigenvalue weighted by molar-refractivity contribution is 5.27. The minimum Gasteiger partial charge on any atom is -0.491 e. The van der Waals surface area contributed by atoms with Crippen LogP contribution in [0, 0.1) is 0 Å². The molecule has 0 aliphatic carbocycles. The van der Waals surface area contributed by atoms with E-state index in [4.69, 9.17) is 14.2 Å². The first-order chi connectivity index (χ1) is 9.38. The lowest BCUT2D eigenvalue weighted by molar-refractivity contribution is 0.0265. The van der Waals surface area contributed by atoms with Crippen LogP contribution in [0.4, 0.5) is 0 Å². The lowest BCUT2D eigenvalue weighted by Gasteiger charge is -2.11. The molecule has 1 unspecified atom stereocenters. The van der Waals surface area contributed by atoms with Gasteiger partial charge in [0.05, 0.1) is 19.3 Å². The van der Waals surface area contributed by atoms with E-state index in [2.05, 4.69) is 24.4 Å². The van der Waals surface area contributed by atoms with E-state index in [0.717, 1.165) is 38.5 Å². The van der Waals surface area contributed by atoms with Crippen LogP contribution in [-0.2, 0) is 16.0 Å². The van der Waals surface area contributed by atoms with Gasteiger partial charge in [-0.05, 0) is 30.7 Å². The number of nitrogens with one attached hydrogen (secondary N) is 1. The summed E-state index contributed by atoms with van der Waals surface area (Å²) in [6, 6.07) is 8.18. The smallest absolute Gasteiger partial charge is 0.119 e. The van der Waals surface area contributed by atoms with Gasteiger partial charge in [-0.25, -0.2) is 0 Å². The van der Waals surface area contributed by atoms with Crippen molar-refractivity contribution in [1.82, 2.24) is 5.32 Å². The molecule has 2 rings (SSSR count). The predicted octanol–water partition coefficient (Wildman–Crippen LogP) is 1.98. The second-order valence-corrected chi connectivity index (χ2v) is 4.63. The number of benzene rings is 1. The number of hydrogen-bond donors (Lipinski definition) is 1. The number of hydrogen-bond acceptors (Lipinski definition) is 4.